The maximum atomic E-state index is 2.51. The fourth-order valence-electron chi connectivity index (χ4n) is 10.0. The minimum Gasteiger partial charge on any atom is -0.135 e. The Bertz CT molecular complexity index is 3380. The summed E-state index contributed by atoms with van der Waals surface area (Å²) in [6, 6.07) is 68.2. The largest absolute Gasteiger partial charge is 0.135 e. The molecule has 1 aliphatic rings. The fraction of sp³-hybridized carbons (Fsp3) is 0.0545. The van der Waals surface area contributed by atoms with Crippen molar-refractivity contribution in [1.29, 1.82) is 0 Å². The summed E-state index contributed by atoms with van der Waals surface area (Å²) in [6.45, 7) is 4.83. The van der Waals surface area contributed by atoms with Gasteiger partial charge in [0.05, 0.1) is 0 Å². The lowest BCUT2D eigenvalue weighted by molar-refractivity contribution is 0.661. The first kappa shape index (κ1) is 31.8. The molecule has 0 fully saturated rings. The molecule has 0 spiro atoms. The topological polar surface area (TPSA) is 0 Å². The van der Waals surface area contributed by atoms with Crippen molar-refractivity contribution >= 4 is 74.6 Å². The molecule has 0 aliphatic heterocycles. The molecule has 1 aliphatic carbocycles. The second-order valence-corrected chi connectivity index (χ2v) is 17.0. The van der Waals surface area contributed by atoms with E-state index in [1.165, 1.54) is 119 Å². The third-order valence-electron chi connectivity index (χ3n) is 12.7. The normalized spacial score (nSPS) is 13.3. The zero-order valence-electron chi connectivity index (χ0n) is 31.2. The standard InChI is InChI=1S/C55H36S/c1-55(2)48-30-35(24-26-40(48)46-32-51-47(31-49(46)55)54-37-17-7-6-14-33(37)25-29-50(54)56-51)36-27-28-45(39-19-9-8-18-38(36)39)53-43-22-12-10-20-41(43)52(34-15-4-3-5-16-34)42-21-11-13-23-44(42)53/h3-32H,1-2H3. The number of thiophene rings is 1. The SMILES string of the molecule is CC1(C)c2cc(-c3ccc(-c4c5ccccc5c(-c5ccccc5)c5ccccc45)c4ccccc34)ccc2-c2cc3sc4ccc5ccccc5c4c3cc21. The molecule has 0 saturated carbocycles. The molecule has 262 valence electrons. The number of benzene rings is 10. The molecule has 0 saturated heterocycles. The highest BCUT2D eigenvalue weighted by molar-refractivity contribution is 7.26. The Kier molecular flexibility index (Phi) is 6.66. The predicted molar refractivity (Wildman–Crippen MR) is 243 cm³/mol. The minimum atomic E-state index is -0.137. The van der Waals surface area contributed by atoms with Gasteiger partial charge < -0.3 is 0 Å². The molecule has 11 aromatic rings. The van der Waals surface area contributed by atoms with E-state index in [9.17, 15) is 0 Å². The van der Waals surface area contributed by atoms with Crippen molar-refractivity contribution in [2.75, 3.05) is 0 Å². The third-order valence-corrected chi connectivity index (χ3v) is 13.8. The second-order valence-electron chi connectivity index (χ2n) is 16.0. The predicted octanol–water partition coefficient (Wildman–Crippen LogP) is 16.0. The van der Waals surface area contributed by atoms with Crippen molar-refractivity contribution in [2.24, 2.45) is 0 Å². The monoisotopic (exact) mass is 728 g/mol. The Morgan fingerprint density at radius 2 is 0.893 bits per heavy atom. The first-order valence-corrected chi connectivity index (χ1v) is 20.4. The van der Waals surface area contributed by atoms with Crippen molar-refractivity contribution in [3.05, 3.63) is 193 Å². The van der Waals surface area contributed by atoms with E-state index < -0.39 is 0 Å². The van der Waals surface area contributed by atoms with Gasteiger partial charge in [-0.15, -0.1) is 11.3 Å². The van der Waals surface area contributed by atoms with Crippen LogP contribution >= 0.6 is 11.3 Å². The van der Waals surface area contributed by atoms with Crippen LogP contribution in [-0.2, 0) is 5.41 Å². The average molecular weight is 729 g/mol. The molecule has 0 unspecified atom stereocenters. The Labute approximate surface area is 329 Å². The van der Waals surface area contributed by atoms with Crippen molar-refractivity contribution in [2.45, 2.75) is 19.3 Å². The van der Waals surface area contributed by atoms with E-state index in [0.717, 1.165) is 0 Å². The van der Waals surface area contributed by atoms with Gasteiger partial charge in [0, 0.05) is 25.6 Å². The number of rotatable bonds is 3. The van der Waals surface area contributed by atoms with Crippen LogP contribution in [0.25, 0.3) is 108 Å². The molecule has 0 nitrogen and oxygen atoms in total. The molecule has 0 bridgehead atoms. The van der Waals surface area contributed by atoms with Gasteiger partial charge in [-0.2, -0.15) is 0 Å². The molecule has 0 N–H and O–H groups in total. The molecular weight excluding hydrogens is 693 g/mol. The van der Waals surface area contributed by atoms with E-state index in [1.807, 2.05) is 11.3 Å². The summed E-state index contributed by atoms with van der Waals surface area (Å²) in [6.07, 6.45) is 0. The van der Waals surface area contributed by atoms with Crippen LogP contribution in [0.2, 0.25) is 0 Å². The Balaban J connectivity index is 1.04. The highest BCUT2D eigenvalue weighted by atomic mass is 32.1. The molecule has 1 heteroatoms. The fourth-order valence-corrected chi connectivity index (χ4v) is 11.2. The van der Waals surface area contributed by atoms with Crippen molar-refractivity contribution < 1.29 is 0 Å². The molecule has 56 heavy (non-hydrogen) atoms. The molecule has 0 amide bonds. The van der Waals surface area contributed by atoms with Crippen molar-refractivity contribution in [3.8, 4) is 44.5 Å². The molecule has 12 rings (SSSR count). The third kappa shape index (κ3) is 4.41. The maximum Gasteiger partial charge on any atom is 0.0362 e. The Morgan fingerprint density at radius 3 is 1.61 bits per heavy atom. The van der Waals surface area contributed by atoms with Gasteiger partial charge in [0.15, 0.2) is 0 Å². The van der Waals surface area contributed by atoms with E-state index in [1.54, 1.807) is 0 Å². The molecular formula is C55H36S. The molecule has 1 aromatic heterocycles. The first-order valence-electron chi connectivity index (χ1n) is 19.6. The van der Waals surface area contributed by atoms with E-state index in [0.29, 0.717) is 0 Å². The van der Waals surface area contributed by atoms with E-state index in [-0.39, 0.29) is 5.41 Å². The van der Waals surface area contributed by atoms with Gasteiger partial charge >= 0.3 is 0 Å². The highest BCUT2D eigenvalue weighted by Crippen LogP contribution is 2.53. The Hall–Kier alpha value is -6.54. The zero-order chi connectivity index (χ0) is 37.1. The van der Waals surface area contributed by atoms with E-state index in [2.05, 4.69) is 196 Å². The van der Waals surface area contributed by atoms with Crippen LogP contribution < -0.4 is 0 Å². The Morgan fingerprint density at radius 1 is 0.339 bits per heavy atom. The zero-order valence-corrected chi connectivity index (χ0v) is 32.0. The van der Waals surface area contributed by atoms with E-state index in [4.69, 9.17) is 0 Å². The van der Waals surface area contributed by atoms with Crippen LogP contribution in [0.5, 0.6) is 0 Å². The van der Waals surface area contributed by atoms with Crippen molar-refractivity contribution in [3.63, 3.8) is 0 Å². The summed E-state index contributed by atoms with van der Waals surface area (Å²) in [5, 5.41) is 13.1. The van der Waals surface area contributed by atoms with Crippen LogP contribution in [-0.4, -0.2) is 0 Å². The maximum absolute atomic E-state index is 2.51. The van der Waals surface area contributed by atoms with Crippen LogP contribution in [0.3, 0.4) is 0 Å². The minimum absolute atomic E-state index is 0.137. The average Bonchev–Trinajstić information content (AvgIpc) is 3.73. The summed E-state index contributed by atoms with van der Waals surface area (Å²) in [5.74, 6) is 0. The molecule has 10 aromatic carbocycles. The van der Waals surface area contributed by atoms with Gasteiger partial charge in [0.1, 0.15) is 0 Å². The molecule has 0 atom stereocenters. The van der Waals surface area contributed by atoms with Gasteiger partial charge in [-0.25, -0.2) is 0 Å². The number of fused-ring (bicyclic) bond motifs is 11. The lowest BCUT2D eigenvalue weighted by Crippen LogP contribution is -2.15. The van der Waals surface area contributed by atoms with Crippen LogP contribution in [0.4, 0.5) is 0 Å². The van der Waals surface area contributed by atoms with Gasteiger partial charge in [0.2, 0.25) is 0 Å². The number of hydrogen-bond donors (Lipinski definition) is 0. The highest BCUT2D eigenvalue weighted by Gasteiger charge is 2.36. The summed E-state index contributed by atoms with van der Waals surface area (Å²) in [5.41, 5.74) is 13.1. The van der Waals surface area contributed by atoms with Crippen LogP contribution in [0.1, 0.15) is 25.0 Å². The van der Waals surface area contributed by atoms with Gasteiger partial charge in [-0.3, -0.25) is 0 Å². The van der Waals surface area contributed by atoms with Crippen LogP contribution in [0.15, 0.2) is 182 Å². The summed E-state index contributed by atoms with van der Waals surface area (Å²) < 4.78 is 2.72. The summed E-state index contributed by atoms with van der Waals surface area (Å²) in [7, 11) is 0. The lowest BCUT2D eigenvalue weighted by atomic mass is 9.80. The summed E-state index contributed by atoms with van der Waals surface area (Å²) >= 11 is 1.92. The lowest BCUT2D eigenvalue weighted by Gasteiger charge is -2.23. The van der Waals surface area contributed by atoms with Crippen molar-refractivity contribution in [1.82, 2.24) is 0 Å². The quantitative estimate of drug-likeness (QED) is 0.159. The first-order chi connectivity index (χ1) is 27.5. The smallest absolute Gasteiger partial charge is 0.0362 e. The van der Waals surface area contributed by atoms with Gasteiger partial charge in [-0.1, -0.05) is 172 Å². The molecule has 1 heterocycles. The molecule has 0 radical (unpaired) electrons. The van der Waals surface area contributed by atoms with Gasteiger partial charge in [-0.05, 0) is 123 Å². The van der Waals surface area contributed by atoms with Gasteiger partial charge in [0.25, 0.3) is 0 Å². The summed E-state index contributed by atoms with van der Waals surface area (Å²) in [4.78, 5) is 0. The second kappa shape index (κ2) is 11.7. The number of hydrogen-bond acceptors (Lipinski definition) is 1. The van der Waals surface area contributed by atoms with Crippen LogP contribution in [0, 0.1) is 0 Å². The van der Waals surface area contributed by atoms with E-state index >= 15 is 0 Å².